The maximum absolute atomic E-state index is 15.0. The summed E-state index contributed by atoms with van der Waals surface area (Å²) in [7, 11) is 1.58. The van der Waals surface area contributed by atoms with E-state index in [1.807, 2.05) is 13.8 Å². The Morgan fingerprint density at radius 2 is 2.14 bits per heavy atom. The van der Waals surface area contributed by atoms with Gasteiger partial charge in [-0.1, -0.05) is 12.2 Å². The van der Waals surface area contributed by atoms with Gasteiger partial charge in [-0.05, 0) is 32.8 Å². The Balaban J connectivity index is 1.91. The predicted octanol–water partition coefficient (Wildman–Crippen LogP) is 4.57. The van der Waals surface area contributed by atoms with Gasteiger partial charge in [-0.25, -0.2) is 19.2 Å². The van der Waals surface area contributed by atoms with Crippen molar-refractivity contribution in [2.45, 2.75) is 38.8 Å². The minimum Gasteiger partial charge on any atom is -0.475 e. The van der Waals surface area contributed by atoms with Gasteiger partial charge in [-0.2, -0.15) is 0 Å². The smallest absolute Gasteiger partial charge is 0.318 e. The largest absolute Gasteiger partial charge is 0.475 e. The number of carbonyl (C=O) groups is 1. The number of rotatable bonds is 13. The Labute approximate surface area is 210 Å². The van der Waals surface area contributed by atoms with Crippen LogP contribution in [0.2, 0.25) is 0 Å². The van der Waals surface area contributed by atoms with E-state index in [4.69, 9.17) is 9.47 Å². The molecule has 0 saturated carbocycles. The minimum absolute atomic E-state index is 0.205. The molecule has 0 radical (unpaired) electrons. The zero-order valence-corrected chi connectivity index (χ0v) is 21.0. The number of urea groups is 1. The van der Waals surface area contributed by atoms with Crippen molar-refractivity contribution >= 4 is 11.7 Å². The molecule has 0 bridgehead atoms. The van der Waals surface area contributed by atoms with Crippen molar-refractivity contribution in [3.05, 3.63) is 67.7 Å². The molecule has 3 aromatic heterocycles. The lowest BCUT2D eigenvalue weighted by atomic mass is 10.1. The zero-order valence-electron chi connectivity index (χ0n) is 21.0. The number of amides is 2. The van der Waals surface area contributed by atoms with Crippen molar-refractivity contribution in [1.29, 1.82) is 0 Å². The number of carbonyl (C=O) groups excluding carboxylic acids is 1. The Kier molecular flexibility index (Phi) is 9.52. The number of hydrogen-bond donors (Lipinski definition) is 1. The third kappa shape index (κ3) is 6.25. The van der Waals surface area contributed by atoms with Crippen LogP contribution in [0.5, 0.6) is 5.88 Å². The van der Waals surface area contributed by atoms with Crippen molar-refractivity contribution < 1.29 is 18.7 Å². The number of fused-ring (bicyclic) bond motifs is 1. The summed E-state index contributed by atoms with van der Waals surface area (Å²) < 4.78 is 27.7. The fourth-order valence-corrected chi connectivity index (χ4v) is 3.83. The Bertz CT molecular complexity index is 1200. The monoisotopic (exact) mass is 496 g/mol. The molecule has 2 atom stereocenters. The summed E-state index contributed by atoms with van der Waals surface area (Å²) in [5.74, 6) is -0.236. The lowest BCUT2D eigenvalue weighted by molar-refractivity contribution is 0.148. The molecule has 0 aliphatic carbocycles. The van der Waals surface area contributed by atoms with Gasteiger partial charge in [0, 0.05) is 37.8 Å². The quantitative estimate of drug-likeness (QED) is 0.275. The minimum atomic E-state index is -0.534. The van der Waals surface area contributed by atoms with E-state index in [1.54, 1.807) is 53.2 Å². The second-order valence-corrected chi connectivity index (χ2v) is 8.19. The van der Waals surface area contributed by atoms with Crippen LogP contribution in [0.3, 0.4) is 0 Å². The van der Waals surface area contributed by atoms with Crippen molar-refractivity contribution in [3.63, 3.8) is 0 Å². The van der Waals surface area contributed by atoms with E-state index in [1.165, 1.54) is 0 Å². The molecule has 3 rings (SSSR count). The van der Waals surface area contributed by atoms with Gasteiger partial charge in [0.05, 0.1) is 42.9 Å². The number of ether oxygens (including phenoxy) is 2. The van der Waals surface area contributed by atoms with Gasteiger partial charge in [-0.3, -0.25) is 4.98 Å². The Morgan fingerprint density at radius 3 is 2.83 bits per heavy atom. The van der Waals surface area contributed by atoms with Crippen molar-refractivity contribution in [2.75, 3.05) is 26.9 Å². The molecule has 2 amide bonds. The first kappa shape index (κ1) is 26.8. The molecule has 192 valence electrons. The number of hydrogen-bond acceptors (Lipinski definition) is 6. The normalized spacial score (nSPS) is 12.7. The zero-order chi connectivity index (χ0) is 26.1. The highest BCUT2D eigenvalue weighted by Gasteiger charge is 2.24. The SMILES string of the molecule is C=CCCOc1nc(-c2cc(C(C)N(CC)C(=O)NC(CC=C)COC)ncc2F)cn2ccnc12. The van der Waals surface area contributed by atoms with Crippen LogP contribution in [0.4, 0.5) is 9.18 Å². The molecule has 3 aromatic rings. The third-order valence-corrected chi connectivity index (χ3v) is 5.70. The van der Waals surface area contributed by atoms with Crippen LogP contribution in [-0.4, -0.2) is 63.2 Å². The molecule has 36 heavy (non-hydrogen) atoms. The average Bonchev–Trinajstić information content (AvgIpc) is 3.34. The molecule has 0 saturated heterocycles. The summed E-state index contributed by atoms with van der Waals surface area (Å²) in [5.41, 5.74) is 1.67. The molecule has 0 aliphatic rings. The van der Waals surface area contributed by atoms with Crippen LogP contribution >= 0.6 is 0 Å². The highest BCUT2D eigenvalue weighted by Crippen LogP contribution is 2.28. The molecule has 1 N–H and O–H groups in total. The van der Waals surface area contributed by atoms with Gasteiger partial charge in [0.1, 0.15) is 0 Å². The van der Waals surface area contributed by atoms with E-state index in [0.29, 0.717) is 55.5 Å². The average molecular weight is 497 g/mol. The van der Waals surface area contributed by atoms with E-state index in [-0.39, 0.29) is 17.6 Å². The first-order chi connectivity index (χ1) is 17.4. The van der Waals surface area contributed by atoms with Crippen LogP contribution in [0.1, 0.15) is 38.4 Å². The van der Waals surface area contributed by atoms with E-state index in [2.05, 4.69) is 33.4 Å². The van der Waals surface area contributed by atoms with Crippen molar-refractivity contribution in [3.8, 4) is 17.1 Å². The molecule has 0 aromatic carbocycles. The molecule has 3 heterocycles. The Hall–Kier alpha value is -3.79. The first-order valence-electron chi connectivity index (χ1n) is 11.8. The summed E-state index contributed by atoms with van der Waals surface area (Å²) in [6.07, 6.45) is 10.9. The molecular weight excluding hydrogens is 463 g/mol. The maximum Gasteiger partial charge on any atom is 0.318 e. The van der Waals surface area contributed by atoms with Crippen molar-refractivity contribution in [1.82, 2.24) is 29.6 Å². The highest BCUT2D eigenvalue weighted by atomic mass is 19.1. The van der Waals surface area contributed by atoms with Crippen LogP contribution in [0, 0.1) is 5.82 Å². The van der Waals surface area contributed by atoms with Gasteiger partial charge in [0.25, 0.3) is 5.88 Å². The van der Waals surface area contributed by atoms with Gasteiger partial charge >= 0.3 is 6.03 Å². The fraction of sp³-hybridized carbons (Fsp3) is 0.385. The lowest BCUT2D eigenvalue weighted by Gasteiger charge is -2.30. The number of nitrogens with one attached hydrogen (secondary N) is 1. The van der Waals surface area contributed by atoms with Gasteiger partial charge in [0.2, 0.25) is 5.65 Å². The first-order valence-corrected chi connectivity index (χ1v) is 11.8. The third-order valence-electron chi connectivity index (χ3n) is 5.70. The molecule has 9 nitrogen and oxygen atoms in total. The molecule has 0 fully saturated rings. The van der Waals surface area contributed by atoms with E-state index in [0.717, 1.165) is 6.20 Å². The standard InChI is InChI=1S/C26H33FN6O3/c1-6-9-13-36-25-24-28-11-12-32(24)16-23(31-25)20-14-22(29-15-21(20)27)18(4)33(8-3)26(34)30-19(10-7-2)17-35-5/h6-7,11-12,14-16,18-19H,1-2,8-10,13,17H2,3-5H3,(H,30,34). The molecule has 2 unspecified atom stereocenters. The highest BCUT2D eigenvalue weighted by molar-refractivity contribution is 5.75. The second-order valence-electron chi connectivity index (χ2n) is 8.19. The molecular formula is C26H33FN6O3. The summed E-state index contributed by atoms with van der Waals surface area (Å²) >= 11 is 0. The number of halogens is 1. The lowest BCUT2D eigenvalue weighted by Crippen LogP contribution is -2.47. The number of methoxy groups -OCH3 is 1. The summed E-state index contributed by atoms with van der Waals surface area (Å²) in [6, 6.07) is 0.716. The molecule has 0 spiro atoms. The number of pyridine rings is 1. The topological polar surface area (TPSA) is 93.9 Å². The van der Waals surface area contributed by atoms with E-state index in [9.17, 15) is 9.18 Å². The number of aromatic nitrogens is 4. The van der Waals surface area contributed by atoms with Crippen molar-refractivity contribution in [2.24, 2.45) is 0 Å². The fourth-order valence-electron chi connectivity index (χ4n) is 3.83. The number of imidazole rings is 1. The van der Waals surface area contributed by atoms with Crippen LogP contribution in [0.15, 0.2) is 56.2 Å². The van der Waals surface area contributed by atoms with E-state index >= 15 is 0 Å². The van der Waals surface area contributed by atoms with Gasteiger partial charge in [0.15, 0.2) is 5.82 Å². The summed E-state index contributed by atoms with van der Waals surface area (Å²) in [6.45, 7) is 12.3. The van der Waals surface area contributed by atoms with E-state index < -0.39 is 11.9 Å². The summed E-state index contributed by atoms with van der Waals surface area (Å²) in [5, 5.41) is 2.97. The van der Waals surface area contributed by atoms with Gasteiger partial charge in [-0.15, -0.1) is 13.2 Å². The van der Waals surface area contributed by atoms with Crippen LogP contribution in [-0.2, 0) is 4.74 Å². The van der Waals surface area contributed by atoms with Crippen LogP contribution < -0.4 is 10.1 Å². The predicted molar refractivity (Wildman–Crippen MR) is 136 cm³/mol. The number of nitrogens with zero attached hydrogens (tertiary/aromatic N) is 5. The molecule has 10 heteroatoms. The van der Waals surface area contributed by atoms with Crippen LogP contribution in [0.25, 0.3) is 16.9 Å². The maximum atomic E-state index is 15.0. The molecule has 0 aliphatic heterocycles. The Morgan fingerprint density at radius 1 is 1.33 bits per heavy atom. The van der Waals surface area contributed by atoms with Gasteiger partial charge < -0.3 is 24.1 Å². The second kappa shape index (κ2) is 12.8. The summed E-state index contributed by atoms with van der Waals surface area (Å²) in [4.78, 5) is 27.8.